The topological polar surface area (TPSA) is 55.1 Å². The van der Waals surface area contributed by atoms with Crippen molar-refractivity contribution in [2.45, 2.75) is 37.8 Å². The van der Waals surface area contributed by atoms with Crippen molar-refractivity contribution in [1.82, 2.24) is 5.32 Å². The quantitative estimate of drug-likeness (QED) is 0.880. The molecule has 0 radical (unpaired) electrons. The first-order chi connectivity index (χ1) is 8.08. The lowest BCUT2D eigenvalue weighted by Gasteiger charge is -2.29. The number of carbonyl (C=O) groups excluding carboxylic acids is 1. The zero-order chi connectivity index (χ0) is 12.4. The van der Waals surface area contributed by atoms with E-state index >= 15 is 0 Å². The molecule has 2 rings (SSSR count). The lowest BCUT2D eigenvalue weighted by molar-refractivity contribution is 0.0922. The minimum Gasteiger partial charge on any atom is -0.348 e. The summed E-state index contributed by atoms with van der Waals surface area (Å²) in [5.74, 6) is -0.180. The van der Waals surface area contributed by atoms with Crippen molar-refractivity contribution in [3.8, 4) is 0 Å². The third-order valence-electron chi connectivity index (χ3n) is 3.04. The highest BCUT2D eigenvalue weighted by atomic mass is 35.5. The van der Waals surface area contributed by atoms with Crippen LogP contribution in [0.3, 0.4) is 0 Å². The fourth-order valence-electron chi connectivity index (χ4n) is 2.08. The normalized spacial score (nSPS) is 24.6. The van der Waals surface area contributed by atoms with Crippen molar-refractivity contribution in [3.63, 3.8) is 0 Å². The molecule has 1 aromatic heterocycles. The Morgan fingerprint density at radius 3 is 2.71 bits per heavy atom. The molecule has 1 aliphatic carbocycles. The number of rotatable bonds is 2. The van der Waals surface area contributed by atoms with Crippen LogP contribution in [-0.4, -0.2) is 18.0 Å². The molecule has 1 saturated carbocycles. The van der Waals surface area contributed by atoms with Gasteiger partial charge in [0.25, 0.3) is 5.91 Å². The minimum atomic E-state index is -0.180. The van der Waals surface area contributed by atoms with Crippen LogP contribution in [0.1, 0.15) is 36.0 Å². The van der Waals surface area contributed by atoms with Crippen LogP contribution in [0.2, 0.25) is 8.67 Å². The average molecular weight is 293 g/mol. The van der Waals surface area contributed by atoms with Gasteiger partial charge in [-0.15, -0.1) is 11.3 Å². The Morgan fingerprint density at radius 1 is 1.41 bits per heavy atom. The van der Waals surface area contributed by atoms with E-state index in [-0.39, 0.29) is 18.0 Å². The maximum absolute atomic E-state index is 12.0. The minimum absolute atomic E-state index is 0.0422. The molecule has 0 aromatic carbocycles. The van der Waals surface area contributed by atoms with E-state index < -0.39 is 0 Å². The van der Waals surface area contributed by atoms with Crippen LogP contribution in [0, 0.1) is 0 Å². The first kappa shape index (κ1) is 13.1. The molecule has 1 aliphatic rings. The van der Waals surface area contributed by atoms with Gasteiger partial charge in [-0.05, 0) is 18.9 Å². The SMILES string of the molecule is N[C@@H]1CCCC[C@H]1NC(=O)c1cc(Cl)sc1Cl. The average Bonchev–Trinajstić information content (AvgIpc) is 2.61. The van der Waals surface area contributed by atoms with Gasteiger partial charge in [-0.1, -0.05) is 36.0 Å². The highest BCUT2D eigenvalue weighted by molar-refractivity contribution is 7.20. The van der Waals surface area contributed by atoms with Crippen molar-refractivity contribution in [2.24, 2.45) is 5.73 Å². The predicted octanol–water partition coefficient (Wildman–Crippen LogP) is 3.05. The molecule has 3 N–H and O–H groups in total. The molecular formula is C11H14Cl2N2OS. The zero-order valence-corrected chi connectivity index (χ0v) is 11.5. The van der Waals surface area contributed by atoms with Crippen LogP contribution in [-0.2, 0) is 0 Å². The summed E-state index contributed by atoms with van der Waals surface area (Å²) in [7, 11) is 0. The predicted molar refractivity (Wildman–Crippen MR) is 72.0 cm³/mol. The number of nitrogens with two attached hydrogens (primary N) is 1. The Hall–Kier alpha value is -0.290. The fourth-order valence-corrected chi connectivity index (χ4v) is 3.54. The molecule has 1 fully saturated rings. The molecule has 0 bridgehead atoms. The molecule has 2 atom stereocenters. The largest absolute Gasteiger partial charge is 0.348 e. The lowest BCUT2D eigenvalue weighted by atomic mass is 9.91. The molecular weight excluding hydrogens is 279 g/mol. The number of amides is 1. The van der Waals surface area contributed by atoms with E-state index in [9.17, 15) is 4.79 Å². The summed E-state index contributed by atoms with van der Waals surface area (Å²) >= 11 is 12.9. The molecule has 0 aliphatic heterocycles. The Morgan fingerprint density at radius 2 is 2.12 bits per heavy atom. The van der Waals surface area contributed by atoms with Gasteiger partial charge in [0.15, 0.2) is 0 Å². The van der Waals surface area contributed by atoms with Gasteiger partial charge in [0.05, 0.1) is 9.90 Å². The van der Waals surface area contributed by atoms with E-state index in [1.165, 1.54) is 11.3 Å². The molecule has 1 amide bonds. The molecule has 0 spiro atoms. The summed E-state index contributed by atoms with van der Waals surface area (Å²) in [5, 5.41) is 2.94. The van der Waals surface area contributed by atoms with Crippen LogP contribution >= 0.6 is 34.5 Å². The Labute approximate surface area is 114 Å². The monoisotopic (exact) mass is 292 g/mol. The molecule has 3 nitrogen and oxygen atoms in total. The molecule has 1 heterocycles. The van der Waals surface area contributed by atoms with Crippen LogP contribution in [0.15, 0.2) is 6.07 Å². The van der Waals surface area contributed by atoms with Crippen molar-refractivity contribution >= 4 is 40.4 Å². The summed E-state index contributed by atoms with van der Waals surface area (Å²) in [4.78, 5) is 12.0. The highest BCUT2D eigenvalue weighted by Gasteiger charge is 2.25. The van der Waals surface area contributed by atoms with E-state index in [1.807, 2.05) is 0 Å². The lowest BCUT2D eigenvalue weighted by Crippen LogP contribution is -2.49. The van der Waals surface area contributed by atoms with Gasteiger partial charge in [-0.25, -0.2) is 0 Å². The number of carbonyl (C=O) groups is 1. The number of nitrogens with one attached hydrogen (secondary N) is 1. The van der Waals surface area contributed by atoms with E-state index in [2.05, 4.69) is 5.32 Å². The van der Waals surface area contributed by atoms with Gasteiger partial charge in [0, 0.05) is 12.1 Å². The molecule has 6 heteroatoms. The molecule has 17 heavy (non-hydrogen) atoms. The molecule has 0 saturated heterocycles. The fraction of sp³-hybridized carbons (Fsp3) is 0.545. The molecule has 0 unspecified atom stereocenters. The van der Waals surface area contributed by atoms with Crippen LogP contribution in [0.5, 0.6) is 0 Å². The van der Waals surface area contributed by atoms with Crippen molar-refractivity contribution < 1.29 is 4.79 Å². The summed E-state index contributed by atoms with van der Waals surface area (Å²) < 4.78 is 0.949. The van der Waals surface area contributed by atoms with Crippen molar-refractivity contribution in [1.29, 1.82) is 0 Å². The summed E-state index contributed by atoms with van der Waals surface area (Å²) in [6, 6.07) is 1.68. The first-order valence-corrected chi connectivity index (χ1v) is 7.16. The Bertz CT molecular complexity index is 422. The van der Waals surface area contributed by atoms with Crippen molar-refractivity contribution in [3.05, 3.63) is 20.3 Å². The van der Waals surface area contributed by atoms with Gasteiger partial charge >= 0.3 is 0 Å². The number of hydrogen-bond donors (Lipinski definition) is 2. The first-order valence-electron chi connectivity index (χ1n) is 5.59. The Kier molecular flexibility index (Phi) is 4.31. The van der Waals surface area contributed by atoms with E-state index in [4.69, 9.17) is 28.9 Å². The van der Waals surface area contributed by atoms with Gasteiger partial charge in [-0.2, -0.15) is 0 Å². The maximum atomic E-state index is 12.0. The second-order valence-corrected chi connectivity index (χ2v) is 6.55. The Balaban J connectivity index is 2.03. The smallest absolute Gasteiger partial charge is 0.253 e. The van der Waals surface area contributed by atoms with Gasteiger partial charge in [-0.3, -0.25) is 4.79 Å². The molecule has 1 aromatic rings. The number of thiophene rings is 1. The van der Waals surface area contributed by atoms with Crippen LogP contribution in [0.25, 0.3) is 0 Å². The zero-order valence-electron chi connectivity index (χ0n) is 9.21. The number of hydrogen-bond acceptors (Lipinski definition) is 3. The second-order valence-electron chi connectivity index (χ2n) is 4.27. The summed E-state index contributed by atoms with van der Waals surface area (Å²) in [6.45, 7) is 0. The third-order valence-corrected chi connectivity index (χ3v) is 4.52. The third kappa shape index (κ3) is 3.13. The van der Waals surface area contributed by atoms with Crippen LogP contribution in [0.4, 0.5) is 0 Å². The number of halogens is 2. The van der Waals surface area contributed by atoms with Crippen molar-refractivity contribution in [2.75, 3.05) is 0 Å². The van der Waals surface area contributed by atoms with E-state index in [0.29, 0.717) is 14.2 Å². The van der Waals surface area contributed by atoms with E-state index in [1.54, 1.807) is 6.07 Å². The second kappa shape index (κ2) is 5.57. The van der Waals surface area contributed by atoms with Gasteiger partial charge in [0.2, 0.25) is 0 Å². The summed E-state index contributed by atoms with van der Waals surface area (Å²) in [6.07, 6.45) is 4.14. The maximum Gasteiger partial charge on any atom is 0.253 e. The standard InChI is InChI=1S/C11H14Cl2N2OS/c12-9-5-6(10(13)17-9)11(16)15-8-4-2-1-3-7(8)14/h5,7-8H,1-4,14H2,(H,15,16)/t7-,8-/m1/s1. The van der Waals surface area contributed by atoms with Gasteiger partial charge in [0.1, 0.15) is 4.34 Å². The van der Waals surface area contributed by atoms with Crippen LogP contribution < -0.4 is 11.1 Å². The summed E-state index contributed by atoms with van der Waals surface area (Å²) in [5.41, 5.74) is 6.42. The van der Waals surface area contributed by atoms with E-state index in [0.717, 1.165) is 25.7 Å². The molecule has 94 valence electrons. The highest BCUT2D eigenvalue weighted by Crippen LogP contribution is 2.31. The van der Waals surface area contributed by atoms with Gasteiger partial charge < -0.3 is 11.1 Å².